The third kappa shape index (κ3) is 3.45. The molecule has 3 nitrogen and oxygen atoms in total. The van der Waals surface area contributed by atoms with E-state index in [9.17, 15) is 5.26 Å². The van der Waals surface area contributed by atoms with Gasteiger partial charge in [-0.25, -0.2) is 0 Å². The fourth-order valence-corrected chi connectivity index (χ4v) is 2.62. The Morgan fingerprint density at radius 2 is 1.79 bits per heavy atom. The van der Waals surface area contributed by atoms with Crippen molar-refractivity contribution in [3.8, 4) is 17.6 Å². The second-order valence-electron chi connectivity index (χ2n) is 5.38. The van der Waals surface area contributed by atoms with E-state index in [1.165, 1.54) is 0 Å². The molecular formula is C20H16ClNO2. The summed E-state index contributed by atoms with van der Waals surface area (Å²) in [5, 5.41) is 12.1. The lowest BCUT2D eigenvalue weighted by Crippen LogP contribution is -2.09. The van der Waals surface area contributed by atoms with E-state index in [2.05, 4.69) is 6.07 Å². The Morgan fingerprint density at radius 3 is 2.58 bits per heavy atom. The van der Waals surface area contributed by atoms with Crippen LogP contribution in [0.2, 0.25) is 5.02 Å². The number of nitriles is 1. The minimum absolute atomic E-state index is 0.356. The first-order valence-corrected chi connectivity index (χ1v) is 8.00. The van der Waals surface area contributed by atoms with E-state index in [1.807, 2.05) is 61.5 Å². The van der Waals surface area contributed by atoms with Crippen LogP contribution in [0, 0.1) is 18.3 Å². The molecule has 0 bridgehead atoms. The third-order valence-electron chi connectivity index (χ3n) is 3.74. The molecule has 3 rings (SSSR count). The highest BCUT2D eigenvalue weighted by atomic mass is 35.5. The van der Waals surface area contributed by atoms with Crippen LogP contribution in [-0.4, -0.2) is 13.2 Å². The third-order valence-corrected chi connectivity index (χ3v) is 4.17. The van der Waals surface area contributed by atoms with Crippen LogP contribution in [0.25, 0.3) is 10.8 Å². The van der Waals surface area contributed by atoms with Gasteiger partial charge in [0.2, 0.25) is 0 Å². The molecule has 0 aliphatic carbocycles. The van der Waals surface area contributed by atoms with Crippen molar-refractivity contribution in [2.75, 3.05) is 13.2 Å². The summed E-state index contributed by atoms with van der Waals surface area (Å²) >= 11 is 5.99. The van der Waals surface area contributed by atoms with Gasteiger partial charge >= 0.3 is 0 Å². The van der Waals surface area contributed by atoms with Gasteiger partial charge in [-0.05, 0) is 42.1 Å². The van der Waals surface area contributed by atoms with Crippen molar-refractivity contribution in [2.24, 2.45) is 0 Å². The first kappa shape index (κ1) is 16.2. The van der Waals surface area contributed by atoms with Crippen LogP contribution < -0.4 is 9.47 Å². The highest BCUT2D eigenvalue weighted by molar-refractivity contribution is 6.31. The van der Waals surface area contributed by atoms with E-state index in [4.69, 9.17) is 21.1 Å². The summed E-state index contributed by atoms with van der Waals surface area (Å²) in [6.45, 7) is 2.67. The van der Waals surface area contributed by atoms with Gasteiger partial charge < -0.3 is 9.47 Å². The highest BCUT2D eigenvalue weighted by Crippen LogP contribution is 2.27. The number of ether oxygens (including phenoxy) is 2. The quantitative estimate of drug-likeness (QED) is 0.606. The van der Waals surface area contributed by atoms with Gasteiger partial charge in [-0.2, -0.15) is 5.26 Å². The molecule has 0 aliphatic heterocycles. The summed E-state index contributed by atoms with van der Waals surface area (Å²) in [5.74, 6) is 1.33. The largest absolute Gasteiger partial charge is 0.490 e. The van der Waals surface area contributed by atoms with Crippen molar-refractivity contribution < 1.29 is 9.47 Å². The smallest absolute Gasteiger partial charge is 0.137 e. The van der Waals surface area contributed by atoms with E-state index in [0.29, 0.717) is 29.5 Å². The minimum Gasteiger partial charge on any atom is -0.490 e. The zero-order chi connectivity index (χ0) is 16.9. The number of halogens is 1. The van der Waals surface area contributed by atoms with E-state index < -0.39 is 0 Å². The maximum Gasteiger partial charge on any atom is 0.137 e. The predicted octanol–water partition coefficient (Wildman–Crippen LogP) is 5.13. The average Bonchev–Trinajstić information content (AvgIpc) is 2.61. The fraction of sp³-hybridized carbons (Fsp3) is 0.150. The Labute approximate surface area is 146 Å². The molecule has 24 heavy (non-hydrogen) atoms. The van der Waals surface area contributed by atoms with Crippen LogP contribution in [-0.2, 0) is 0 Å². The second kappa shape index (κ2) is 7.25. The van der Waals surface area contributed by atoms with Crippen LogP contribution in [0.4, 0.5) is 0 Å². The maximum absolute atomic E-state index is 9.43. The number of rotatable bonds is 5. The number of fused-ring (bicyclic) bond motifs is 1. The average molecular weight is 338 g/mol. The van der Waals surface area contributed by atoms with Gasteiger partial charge in [0.05, 0.1) is 0 Å². The molecule has 0 aliphatic rings. The highest BCUT2D eigenvalue weighted by Gasteiger charge is 2.08. The topological polar surface area (TPSA) is 42.2 Å². The molecule has 3 aromatic carbocycles. The summed E-state index contributed by atoms with van der Waals surface area (Å²) in [4.78, 5) is 0. The molecular weight excluding hydrogens is 322 g/mol. The van der Waals surface area contributed by atoms with E-state index in [-0.39, 0.29) is 0 Å². The Balaban J connectivity index is 1.65. The molecule has 0 amide bonds. The van der Waals surface area contributed by atoms with Crippen LogP contribution in [0.3, 0.4) is 0 Å². The normalized spacial score (nSPS) is 10.4. The molecule has 120 valence electrons. The molecule has 0 aromatic heterocycles. The molecule has 0 atom stereocenters. The lowest BCUT2D eigenvalue weighted by atomic mass is 10.0. The van der Waals surface area contributed by atoms with Crippen molar-refractivity contribution in [3.63, 3.8) is 0 Å². The van der Waals surface area contributed by atoms with Crippen LogP contribution in [0.1, 0.15) is 11.1 Å². The Morgan fingerprint density at radius 1 is 1.00 bits per heavy atom. The van der Waals surface area contributed by atoms with Crippen LogP contribution in [0.5, 0.6) is 11.5 Å². The van der Waals surface area contributed by atoms with Gasteiger partial charge in [0, 0.05) is 10.4 Å². The van der Waals surface area contributed by atoms with Gasteiger partial charge in [0.1, 0.15) is 36.3 Å². The fourth-order valence-electron chi connectivity index (χ4n) is 2.51. The predicted molar refractivity (Wildman–Crippen MR) is 95.8 cm³/mol. The molecule has 0 N–H and O–H groups in total. The molecule has 0 unspecified atom stereocenters. The van der Waals surface area contributed by atoms with Gasteiger partial charge in [-0.15, -0.1) is 0 Å². The Bertz CT molecular complexity index is 915. The van der Waals surface area contributed by atoms with Crippen LogP contribution in [0.15, 0.2) is 54.6 Å². The standard InChI is InChI=1S/C20H16ClNO2/c1-14-12-16(7-8-19(14)21)23-10-11-24-20-9-6-15-4-2-3-5-17(15)18(20)13-22/h2-9,12H,10-11H2,1H3. The Hall–Kier alpha value is -2.70. The van der Waals surface area contributed by atoms with Crippen LogP contribution >= 0.6 is 11.6 Å². The van der Waals surface area contributed by atoms with Crippen molar-refractivity contribution in [1.29, 1.82) is 5.26 Å². The first-order valence-electron chi connectivity index (χ1n) is 7.62. The summed E-state index contributed by atoms with van der Waals surface area (Å²) in [5.41, 5.74) is 1.52. The first-order chi connectivity index (χ1) is 11.7. The summed E-state index contributed by atoms with van der Waals surface area (Å²) < 4.78 is 11.4. The van der Waals surface area contributed by atoms with Gasteiger partial charge in [0.15, 0.2) is 0 Å². The minimum atomic E-state index is 0.356. The molecule has 0 saturated carbocycles. The summed E-state index contributed by atoms with van der Waals surface area (Å²) in [7, 11) is 0. The van der Waals surface area contributed by atoms with Gasteiger partial charge in [-0.1, -0.05) is 41.9 Å². The number of hydrogen-bond donors (Lipinski definition) is 0. The lowest BCUT2D eigenvalue weighted by molar-refractivity contribution is 0.217. The molecule has 0 spiro atoms. The van der Waals surface area contributed by atoms with E-state index in [0.717, 1.165) is 22.1 Å². The van der Waals surface area contributed by atoms with Crippen molar-refractivity contribution >= 4 is 22.4 Å². The molecule has 4 heteroatoms. The van der Waals surface area contributed by atoms with Crippen molar-refractivity contribution in [2.45, 2.75) is 6.92 Å². The number of nitrogens with zero attached hydrogens (tertiary/aromatic N) is 1. The SMILES string of the molecule is Cc1cc(OCCOc2ccc3ccccc3c2C#N)ccc1Cl. The van der Waals surface area contributed by atoms with Crippen molar-refractivity contribution in [3.05, 3.63) is 70.7 Å². The number of hydrogen-bond acceptors (Lipinski definition) is 3. The summed E-state index contributed by atoms with van der Waals surface area (Å²) in [6, 6.07) is 19.3. The number of aryl methyl sites for hydroxylation is 1. The zero-order valence-electron chi connectivity index (χ0n) is 13.3. The van der Waals surface area contributed by atoms with Gasteiger partial charge in [0.25, 0.3) is 0 Å². The lowest BCUT2D eigenvalue weighted by Gasteiger charge is -2.11. The molecule has 0 saturated heterocycles. The molecule has 3 aromatic rings. The molecule has 0 fully saturated rings. The van der Waals surface area contributed by atoms with E-state index >= 15 is 0 Å². The Kier molecular flexibility index (Phi) is 4.88. The number of benzene rings is 3. The van der Waals surface area contributed by atoms with Gasteiger partial charge in [-0.3, -0.25) is 0 Å². The zero-order valence-corrected chi connectivity index (χ0v) is 14.0. The van der Waals surface area contributed by atoms with Crippen molar-refractivity contribution in [1.82, 2.24) is 0 Å². The molecule has 0 heterocycles. The monoisotopic (exact) mass is 337 g/mol. The summed E-state index contributed by atoms with van der Waals surface area (Å²) in [6.07, 6.45) is 0. The maximum atomic E-state index is 9.43. The molecule has 0 radical (unpaired) electrons. The van der Waals surface area contributed by atoms with E-state index in [1.54, 1.807) is 0 Å². The second-order valence-corrected chi connectivity index (χ2v) is 5.79.